The highest BCUT2D eigenvalue weighted by Gasteiger charge is 2.32. The van der Waals surface area contributed by atoms with Gasteiger partial charge in [0.1, 0.15) is 5.75 Å². The van der Waals surface area contributed by atoms with Gasteiger partial charge in [-0.2, -0.15) is 13.2 Å². The van der Waals surface area contributed by atoms with Crippen LogP contribution >= 0.6 is 0 Å². The third-order valence-electron chi connectivity index (χ3n) is 4.35. The lowest BCUT2D eigenvalue weighted by atomic mass is 9.89. The molecule has 0 saturated heterocycles. The van der Waals surface area contributed by atoms with Crippen LogP contribution in [-0.2, 0) is 6.18 Å². The van der Waals surface area contributed by atoms with Crippen LogP contribution in [0.3, 0.4) is 0 Å². The molecule has 140 valence electrons. The largest absolute Gasteiger partial charge is 0.497 e. The van der Waals surface area contributed by atoms with E-state index in [1.165, 1.54) is 19.6 Å². The number of halogens is 3. The molecule has 1 fully saturated rings. The maximum Gasteiger partial charge on any atom is 0.416 e. The van der Waals surface area contributed by atoms with Crippen molar-refractivity contribution in [2.75, 3.05) is 12.4 Å². The van der Waals surface area contributed by atoms with Crippen LogP contribution in [0.2, 0.25) is 0 Å². The minimum atomic E-state index is -4.60. The Hall–Kier alpha value is -2.58. The number of nitrogens with one attached hydrogen (secondary N) is 1. The molecule has 0 aliphatic heterocycles. The van der Waals surface area contributed by atoms with Gasteiger partial charge in [-0.15, -0.1) is 5.10 Å². The second-order valence-electron chi connectivity index (χ2n) is 6.18. The minimum absolute atomic E-state index is 0.0709. The Balaban J connectivity index is 1.76. The SMILES string of the molecule is COc1cc(C(=O)Nc2nnc(C3CCCCC3)o2)cc(C(F)(F)F)c1. The molecule has 0 radical (unpaired) electrons. The van der Waals surface area contributed by atoms with Crippen LogP contribution in [0.1, 0.15) is 59.8 Å². The maximum absolute atomic E-state index is 13.0. The van der Waals surface area contributed by atoms with Crippen LogP contribution in [0.5, 0.6) is 5.75 Å². The summed E-state index contributed by atoms with van der Waals surface area (Å²) in [5, 5.41) is 10.1. The van der Waals surface area contributed by atoms with Crippen LogP contribution in [0.25, 0.3) is 0 Å². The summed E-state index contributed by atoms with van der Waals surface area (Å²) < 4.78 is 49.2. The summed E-state index contributed by atoms with van der Waals surface area (Å²) in [5.74, 6) is -0.246. The smallest absolute Gasteiger partial charge is 0.416 e. The Morgan fingerprint density at radius 1 is 1.19 bits per heavy atom. The van der Waals surface area contributed by atoms with Crippen LogP contribution in [0.15, 0.2) is 22.6 Å². The number of nitrogens with zero attached hydrogens (tertiary/aromatic N) is 2. The van der Waals surface area contributed by atoms with Crippen LogP contribution in [0.4, 0.5) is 19.2 Å². The summed E-state index contributed by atoms with van der Waals surface area (Å²) in [6, 6.07) is 2.65. The lowest BCUT2D eigenvalue weighted by Gasteiger charge is -2.17. The van der Waals surface area contributed by atoms with Crippen molar-refractivity contribution in [1.82, 2.24) is 10.2 Å². The number of hydrogen-bond donors (Lipinski definition) is 1. The van der Waals surface area contributed by atoms with Crippen molar-refractivity contribution in [3.05, 3.63) is 35.2 Å². The fourth-order valence-electron chi connectivity index (χ4n) is 2.98. The summed E-state index contributed by atoms with van der Waals surface area (Å²) >= 11 is 0. The van der Waals surface area contributed by atoms with E-state index in [4.69, 9.17) is 9.15 Å². The molecule has 1 aliphatic carbocycles. The zero-order valence-corrected chi connectivity index (χ0v) is 14.1. The number of carbonyl (C=O) groups excluding carboxylic acids is 1. The molecule has 0 bridgehead atoms. The van der Waals surface area contributed by atoms with Gasteiger partial charge in [-0.3, -0.25) is 10.1 Å². The number of ether oxygens (including phenoxy) is 1. The maximum atomic E-state index is 13.0. The van der Waals surface area contributed by atoms with Gasteiger partial charge in [-0.25, -0.2) is 0 Å². The molecule has 2 aromatic rings. The second kappa shape index (κ2) is 7.35. The fraction of sp³-hybridized carbons (Fsp3) is 0.471. The van der Waals surface area contributed by atoms with Crippen molar-refractivity contribution in [2.24, 2.45) is 0 Å². The molecular weight excluding hydrogens is 351 g/mol. The first kappa shape index (κ1) is 18.2. The van der Waals surface area contributed by atoms with Gasteiger partial charge < -0.3 is 9.15 Å². The van der Waals surface area contributed by atoms with Gasteiger partial charge in [0.25, 0.3) is 5.91 Å². The zero-order chi connectivity index (χ0) is 18.7. The molecule has 1 heterocycles. The first-order valence-corrected chi connectivity index (χ1v) is 8.28. The lowest BCUT2D eigenvalue weighted by Crippen LogP contribution is -2.14. The lowest BCUT2D eigenvalue weighted by molar-refractivity contribution is -0.137. The summed E-state index contributed by atoms with van der Waals surface area (Å²) in [6.07, 6.45) is 0.631. The molecule has 1 N–H and O–H groups in total. The number of anilines is 1. The van der Waals surface area contributed by atoms with E-state index in [0.717, 1.165) is 37.8 Å². The molecule has 0 unspecified atom stereocenters. The molecule has 26 heavy (non-hydrogen) atoms. The highest BCUT2D eigenvalue weighted by Crippen LogP contribution is 2.34. The number of methoxy groups -OCH3 is 1. The van der Waals surface area contributed by atoms with E-state index in [9.17, 15) is 18.0 Å². The monoisotopic (exact) mass is 369 g/mol. The van der Waals surface area contributed by atoms with E-state index >= 15 is 0 Å². The molecule has 1 aromatic carbocycles. The number of amides is 1. The first-order valence-electron chi connectivity index (χ1n) is 8.28. The predicted octanol–water partition coefficient (Wildman–Crippen LogP) is 4.40. The Morgan fingerprint density at radius 3 is 2.58 bits per heavy atom. The van der Waals surface area contributed by atoms with E-state index in [1.54, 1.807) is 0 Å². The number of alkyl halides is 3. The van der Waals surface area contributed by atoms with Crippen molar-refractivity contribution in [3.8, 4) is 5.75 Å². The van der Waals surface area contributed by atoms with Gasteiger partial charge in [0.15, 0.2) is 0 Å². The van der Waals surface area contributed by atoms with Gasteiger partial charge in [-0.05, 0) is 31.0 Å². The molecule has 1 saturated carbocycles. The average molecular weight is 369 g/mol. The van der Waals surface area contributed by atoms with Crippen molar-refractivity contribution in [1.29, 1.82) is 0 Å². The molecular formula is C17H18F3N3O3. The van der Waals surface area contributed by atoms with Crippen LogP contribution < -0.4 is 10.1 Å². The summed E-state index contributed by atoms with van der Waals surface area (Å²) in [4.78, 5) is 12.3. The van der Waals surface area contributed by atoms with E-state index in [0.29, 0.717) is 5.89 Å². The Labute approximate surface area is 147 Å². The Morgan fingerprint density at radius 2 is 1.92 bits per heavy atom. The molecule has 0 atom stereocenters. The third-order valence-corrected chi connectivity index (χ3v) is 4.35. The van der Waals surface area contributed by atoms with Gasteiger partial charge in [0.2, 0.25) is 5.89 Å². The predicted molar refractivity (Wildman–Crippen MR) is 86.1 cm³/mol. The molecule has 9 heteroatoms. The van der Waals surface area contributed by atoms with Crippen LogP contribution in [-0.4, -0.2) is 23.2 Å². The van der Waals surface area contributed by atoms with Gasteiger partial charge in [0, 0.05) is 11.5 Å². The normalized spacial score (nSPS) is 15.7. The summed E-state index contributed by atoms with van der Waals surface area (Å²) in [6.45, 7) is 0. The number of carbonyl (C=O) groups is 1. The van der Waals surface area contributed by atoms with Crippen molar-refractivity contribution in [3.63, 3.8) is 0 Å². The van der Waals surface area contributed by atoms with Crippen LogP contribution in [0, 0.1) is 0 Å². The summed E-state index contributed by atoms with van der Waals surface area (Å²) in [5.41, 5.74) is -1.19. The van der Waals surface area contributed by atoms with Gasteiger partial charge in [-0.1, -0.05) is 24.4 Å². The minimum Gasteiger partial charge on any atom is -0.497 e. The molecule has 1 amide bonds. The van der Waals surface area contributed by atoms with E-state index in [-0.39, 0.29) is 23.2 Å². The fourth-order valence-corrected chi connectivity index (χ4v) is 2.98. The van der Waals surface area contributed by atoms with Crippen molar-refractivity contribution >= 4 is 11.9 Å². The zero-order valence-electron chi connectivity index (χ0n) is 14.1. The van der Waals surface area contributed by atoms with Gasteiger partial charge >= 0.3 is 12.2 Å². The quantitative estimate of drug-likeness (QED) is 0.864. The van der Waals surface area contributed by atoms with Crippen molar-refractivity contribution < 1.29 is 27.1 Å². The second-order valence-corrected chi connectivity index (χ2v) is 6.18. The topological polar surface area (TPSA) is 77.2 Å². The van der Waals surface area contributed by atoms with E-state index in [1.807, 2.05) is 0 Å². The highest BCUT2D eigenvalue weighted by atomic mass is 19.4. The van der Waals surface area contributed by atoms with E-state index < -0.39 is 17.6 Å². The Kier molecular flexibility index (Phi) is 5.15. The molecule has 3 rings (SSSR count). The molecule has 0 spiro atoms. The van der Waals surface area contributed by atoms with E-state index in [2.05, 4.69) is 15.5 Å². The summed E-state index contributed by atoms with van der Waals surface area (Å²) in [7, 11) is 1.23. The highest BCUT2D eigenvalue weighted by molar-refractivity contribution is 6.03. The number of rotatable bonds is 4. The standard InChI is InChI=1S/C17H18F3N3O3/c1-25-13-8-11(7-12(9-13)17(18,19)20)14(24)21-16-23-22-15(26-16)10-5-3-2-4-6-10/h7-10H,2-6H2,1H3,(H,21,23,24). The first-order chi connectivity index (χ1) is 12.4. The molecule has 1 aromatic heterocycles. The molecule has 6 nitrogen and oxygen atoms in total. The van der Waals surface area contributed by atoms with Gasteiger partial charge in [0.05, 0.1) is 12.7 Å². The van der Waals surface area contributed by atoms with Crippen molar-refractivity contribution in [2.45, 2.75) is 44.2 Å². The average Bonchev–Trinajstić information content (AvgIpc) is 3.09. The number of aromatic nitrogens is 2. The third kappa shape index (κ3) is 4.14. The Bertz CT molecular complexity index is 783. The number of benzene rings is 1. The number of hydrogen-bond acceptors (Lipinski definition) is 5. The molecule has 1 aliphatic rings.